The molecule has 1 aromatic heterocycles. The van der Waals surface area contributed by atoms with Crippen LogP contribution in [0, 0.1) is 12.3 Å². The van der Waals surface area contributed by atoms with Crippen molar-refractivity contribution < 1.29 is 4.42 Å². The standard InChI is InChI=1S/C10H13NO/c1-4-8(2)11-9(3)10-6-5-7-12-10/h1,5-9,11H,2-3H3/t8?,9-/m0/s1. The number of furan rings is 1. The molecule has 1 rings (SSSR count). The average molecular weight is 163 g/mol. The summed E-state index contributed by atoms with van der Waals surface area (Å²) in [5.74, 6) is 3.52. The van der Waals surface area contributed by atoms with Gasteiger partial charge in [-0.1, -0.05) is 5.92 Å². The van der Waals surface area contributed by atoms with Gasteiger partial charge in [0.1, 0.15) is 5.76 Å². The van der Waals surface area contributed by atoms with E-state index in [2.05, 4.69) is 11.2 Å². The molecule has 0 aliphatic heterocycles. The van der Waals surface area contributed by atoms with E-state index < -0.39 is 0 Å². The van der Waals surface area contributed by atoms with Gasteiger partial charge in [0.05, 0.1) is 18.3 Å². The van der Waals surface area contributed by atoms with Gasteiger partial charge < -0.3 is 4.42 Å². The SMILES string of the molecule is C#CC(C)N[C@@H](C)c1ccco1. The second-order valence-corrected chi connectivity index (χ2v) is 2.79. The van der Waals surface area contributed by atoms with Gasteiger partial charge in [0, 0.05) is 0 Å². The molecule has 0 aliphatic rings. The first kappa shape index (κ1) is 8.89. The number of hydrogen-bond acceptors (Lipinski definition) is 2. The molecule has 2 atom stereocenters. The van der Waals surface area contributed by atoms with Gasteiger partial charge in [0.25, 0.3) is 0 Å². The van der Waals surface area contributed by atoms with Crippen molar-refractivity contribution in [2.75, 3.05) is 0 Å². The Bertz CT molecular complexity index is 258. The van der Waals surface area contributed by atoms with Gasteiger partial charge in [-0.25, -0.2) is 0 Å². The summed E-state index contributed by atoms with van der Waals surface area (Å²) < 4.78 is 5.21. The summed E-state index contributed by atoms with van der Waals surface area (Å²) in [6.07, 6.45) is 6.89. The molecule has 1 N–H and O–H groups in total. The molecule has 0 amide bonds. The molecule has 0 bridgehead atoms. The molecular weight excluding hydrogens is 150 g/mol. The van der Waals surface area contributed by atoms with Crippen LogP contribution in [-0.4, -0.2) is 6.04 Å². The molecule has 0 saturated heterocycles. The zero-order chi connectivity index (χ0) is 8.97. The Morgan fingerprint density at radius 3 is 2.83 bits per heavy atom. The van der Waals surface area contributed by atoms with E-state index in [-0.39, 0.29) is 12.1 Å². The van der Waals surface area contributed by atoms with E-state index in [1.165, 1.54) is 0 Å². The summed E-state index contributed by atoms with van der Waals surface area (Å²) >= 11 is 0. The lowest BCUT2D eigenvalue weighted by Gasteiger charge is -2.13. The topological polar surface area (TPSA) is 25.2 Å². The minimum Gasteiger partial charge on any atom is -0.468 e. The molecule has 1 unspecified atom stereocenters. The normalized spacial score (nSPS) is 15.1. The molecule has 0 saturated carbocycles. The third-order valence-corrected chi connectivity index (χ3v) is 1.72. The van der Waals surface area contributed by atoms with Crippen molar-refractivity contribution in [3.8, 4) is 12.3 Å². The monoisotopic (exact) mass is 163 g/mol. The van der Waals surface area contributed by atoms with Crippen LogP contribution in [-0.2, 0) is 0 Å². The Hall–Kier alpha value is -1.20. The number of nitrogens with one attached hydrogen (secondary N) is 1. The third kappa shape index (κ3) is 2.14. The number of terminal acetylenes is 1. The lowest BCUT2D eigenvalue weighted by atomic mass is 10.2. The quantitative estimate of drug-likeness (QED) is 0.689. The van der Waals surface area contributed by atoms with Gasteiger partial charge in [0.15, 0.2) is 0 Å². The Morgan fingerprint density at radius 2 is 2.33 bits per heavy atom. The van der Waals surface area contributed by atoms with Crippen LogP contribution in [0.3, 0.4) is 0 Å². The first-order valence-corrected chi connectivity index (χ1v) is 3.99. The molecule has 0 radical (unpaired) electrons. The van der Waals surface area contributed by atoms with Crippen LogP contribution in [0.4, 0.5) is 0 Å². The summed E-state index contributed by atoms with van der Waals surface area (Å²) in [4.78, 5) is 0. The smallest absolute Gasteiger partial charge is 0.120 e. The Balaban J connectivity index is 2.51. The first-order valence-electron chi connectivity index (χ1n) is 3.99. The van der Waals surface area contributed by atoms with E-state index in [9.17, 15) is 0 Å². The van der Waals surface area contributed by atoms with Crippen molar-refractivity contribution >= 4 is 0 Å². The summed E-state index contributed by atoms with van der Waals surface area (Å²) in [7, 11) is 0. The van der Waals surface area contributed by atoms with Crippen LogP contribution in [0.2, 0.25) is 0 Å². The van der Waals surface area contributed by atoms with Crippen molar-refractivity contribution in [1.29, 1.82) is 0 Å². The average Bonchev–Trinajstić information content (AvgIpc) is 2.56. The molecule has 0 aliphatic carbocycles. The minimum atomic E-state index is 0.0742. The fourth-order valence-electron chi connectivity index (χ4n) is 1.04. The van der Waals surface area contributed by atoms with E-state index in [1.807, 2.05) is 26.0 Å². The second-order valence-electron chi connectivity index (χ2n) is 2.79. The first-order chi connectivity index (χ1) is 5.74. The van der Waals surface area contributed by atoms with Gasteiger partial charge in [-0.2, -0.15) is 0 Å². The van der Waals surface area contributed by atoms with Gasteiger partial charge >= 0.3 is 0 Å². The largest absolute Gasteiger partial charge is 0.468 e. The van der Waals surface area contributed by atoms with Crippen molar-refractivity contribution in [2.24, 2.45) is 0 Å². The zero-order valence-electron chi connectivity index (χ0n) is 7.37. The van der Waals surface area contributed by atoms with Crippen LogP contribution in [0.15, 0.2) is 22.8 Å². The molecule has 0 fully saturated rings. The van der Waals surface area contributed by atoms with Crippen molar-refractivity contribution in [3.05, 3.63) is 24.2 Å². The number of rotatable bonds is 3. The predicted octanol–water partition coefficient (Wildman–Crippen LogP) is 1.95. The zero-order valence-corrected chi connectivity index (χ0v) is 7.37. The minimum absolute atomic E-state index is 0.0742. The van der Waals surface area contributed by atoms with Crippen LogP contribution in [0.5, 0.6) is 0 Å². The maximum Gasteiger partial charge on any atom is 0.120 e. The molecule has 0 spiro atoms. The lowest BCUT2D eigenvalue weighted by molar-refractivity contribution is 0.422. The maximum absolute atomic E-state index is 5.23. The summed E-state index contributed by atoms with van der Waals surface area (Å²) in [5, 5.41) is 3.20. The molecule has 12 heavy (non-hydrogen) atoms. The van der Waals surface area contributed by atoms with Crippen molar-refractivity contribution in [1.82, 2.24) is 5.32 Å². The van der Waals surface area contributed by atoms with Gasteiger partial charge in [-0.05, 0) is 26.0 Å². The molecule has 2 nitrogen and oxygen atoms in total. The third-order valence-electron chi connectivity index (χ3n) is 1.72. The lowest BCUT2D eigenvalue weighted by Crippen LogP contribution is -2.27. The van der Waals surface area contributed by atoms with E-state index >= 15 is 0 Å². The summed E-state index contributed by atoms with van der Waals surface area (Å²) in [5.41, 5.74) is 0. The van der Waals surface area contributed by atoms with Crippen LogP contribution in [0.25, 0.3) is 0 Å². The predicted molar refractivity (Wildman–Crippen MR) is 48.6 cm³/mol. The van der Waals surface area contributed by atoms with Crippen molar-refractivity contribution in [2.45, 2.75) is 25.9 Å². The number of hydrogen-bond donors (Lipinski definition) is 1. The fourth-order valence-corrected chi connectivity index (χ4v) is 1.04. The summed E-state index contributed by atoms with van der Waals surface area (Å²) in [6.45, 7) is 3.96. The molecule has 2 heteroatoms. The Kier molecular flexibility index (Phi) is 2.95. The van der Waals surface area contributed by atoms with E-state index in [1.54, 1.807) is 6.26 Å². The van der Waals surface area contributed by atoms with Gasteiger partial charge in [0.2, 0.25) is 0 Å². The maximum atomic E-state index is 5.23. The van der Waals surface area contributed by atoms with E-state index in [4.69, 9.17) is 10.8 Å². The van der Waals surface area contributed by atoms with E-state index in [0.29, 0.717) is 0 Å². The Labute approximate surface area is 73.0 Å². The van der Waals surface area contributed by atoms with Gasteiger partial charge in [-0.3, -0.25) is 5.32 Å². The van der Waals surface area contributed by atoms with Crippen LogP contribution >= 0.6 is 0 Å². The fraction of sp³-hybridized carbons (Fsp3) is 0.400. The highest BCUT2D eigenvalue weighted by molar-refractivity contribution is 5.06. The Morgan fingerprint density at radius 1 is 1.58 bits per heavy atom. The highest BCUT2D eigenvalue weighted by atomic mass is 16.3. The molecule has 64 valence electrons. The van der Waals surface area contributed by atoms with Crippen LogP contribution < -0.4 is 5.32 Å². The molecular formula is C10H13NO. The second kappa shape index (κ2) is 3.99. The van der Waals surface area contributed by atoms with Crippen LogP contribution in [0.1, 0.15) is 25.6 Å². The molecule has 1 aromatic rings. The highest BCUT2D eigenvalue weighted by Crippen LogP contribution is 2.12. The van der Waals surface area contributed by atoms with Crippen molar-refractivity contribution in [3.63, 3.8) is 0 Å². The summed E-state index contributed by atoms with van der Waals surface area (Å²) in [6, 6.07) is 4.05. The highest BCUT2D eigenvalue weighted by Gasteiger charge is 2.08. The van der Waals surface area contributed by atoms with Gasteiger partial charge in [-0.15, -0.1) is 6.42 Å². The van der Waals surface area contributed by atoms with E-state index in [0.717, 1.165) is 5.76 Å². The molecule has 1 heterocycles. The molecule has 0 aromatic carbocycles.